The lowest BCUT2D eigenvalue weighted by atomic mass is 10.2. The smallest absolute Gasteiger partial charge is 0.233 e. The number of hydrogen-bond acceptors (Lipinski definition) is 3. The van der Waals surface area contributed by atoms with Crippen LogP contribution in [0.25, 0.3) is 0 Å². The third kappa shape index (κ3) is 4.56. The van der Waals surface area contributed by atoms with Crippen molar-refractivity contribution in [3.8, 4) is 0 Å². The molecule has 0 aromatic heterocycles. The summed E-state index contributed by atoms with van der Waals surface area (Å²) < 4.78 is 26.0. The van der Waals surface area contributed by atoms with Gasteiger partial charge in [-0.3, -0.25) is 9.59 Å². The number of amides is 2. The minimum Gasteiger partial charge on any atom is -0.372 e. The second-order valence-corrected chi connectivity index (χ2v) is 6.14. The van der Waals surface area contributed by atoms with Crippen LogP contribution >= 0.6 is 0 Å². The molecule has 0 aliphatic carbocycles. The fourth-order valence-corrected chi connectivity index (χ4v) is 2.86. The molecule has 0 saturated carbocycles. The molecule has 1 fully saturated rings. The van der Waals surface area contributed by atoms with E-state index < -0.39 is 29.9 Å². The van der Waals surface area contributed by atoms with E-state index in [1.54, 1.807) is 12.1 Å². The zero-order valence-electron chi connectivity index (χ0n) is 14.1. The van der Waals surface area contributed by atoms with Crippen molar-refractivity contribution in [1.29, 1.82) is 0 Å². The Kier molecular flexibility index (Phi) is 5.46. The molecule has 0 bridgehead atoms. The van der Waals surface area contributed by atoms with Crippen LogP contribution in [0.3, 0.4) is 0 Å². The van der Waals surface area contributed by atoms with Crippen LogP contribution in [0.2, 0.25) is 0 Å². The van der Waals surface area contributed by atoms with Crippen LogP contribution in [0.5, 0.6) is 0 Å². The highest BCUT2D eigenvalue weighted by molar-refractivity contribution is 6.08. The maximum atomic E-state index is 13.1. The van der Waals surface area contributed by atoms with Gasteiger partial charge in [-0.2, -0.15) is 0 Å². The number of carbonyl (C=O) groups is 2. The van der Waals surface area contributed by atoms with Gasteiger partial charge in [0.25, 0.3) is 0 Å². The number of rotatable bonds is 5. The largest absolute Gasteiger partial charge is 0.372 e. The summed E-state index contributed by atoms with van der Waals surface area (Å²) >= 11 is 0. The van der Waals surface area contributed by atoms with Gasteiger partial charge in [-0.05, 0) is 49.2 Å². The molecule has 2 aromatic rings. The predicted octanol–water partition coefficient (Wildman–Crippen LogP) is 3.53. The van der Waals surface area contributed by atoms with Gasteiger partial charge in [-0.1, -0.05) is 0 Å². The highest BCUT2D eigenvalue weighted by Crippen LogP contribution is 2.22. The molecule has 5 nitrogen and oxygen atoms in total. The van der Waals surface area contributed by atoms with Crippen LogP contribution in [0.4, 0.5) is 25.8 Å². The molecular formula is C19H19F2N3O2. The molecule has 1 saturated heterocycles. The molecule has 0 radical (unpaired) electrons. The lowest BCUT2D eigenvalue weighted by Gasteiger charge is -2.17. The zero-order chi connectivity index (χ0) is 18.5. The van der Waals surface area contributed by atoms with Gasteiger partial charge in [0.05, 0.1) is 0 Å². The Morgan fingerprint density at radius 1 is 0.846 bits per heavy atom. The molecule has 26 heavy (non-hydrogen) atoms. The Labute approximate surface area is 150 Å². The number of benzene rings is 2. The normalized spacial score (nSPS) is 13.5. The molecule has 1 aliphatic heterocycles. The van der Waals surface area contributed by atoms with Crippen LogP contribution in [-0.2, 0) is 9.59 Å². The van der Waals surface area contributed by atoms with Gasteiger partial charge in [0.1, 0.15) is 6.42 Å². The number of halogens is 2. The molecule has 1 aliphatic rings. The van der Waals surface area contributed by atoms with Crippen molar-refractivity contribution in [2.24, 2.45) is 0 Å². The van der Waals surface area contributed by atoms with Gasteiger partial charge >= 0.3 is 0 Å². The van der Waals surface area contributed by atoms with Gasteiger partial charge in [0, 0.05) is 36.2 Å². The first-order valence-electron chi connectivity index (χ1n) is 8.41. The van der Waals surface area contributed by atoms with E-state index in [0.717, 1.165) is 30.9 Å². The Morgan fingerprint density at radius 3 is 2.04 bits per heavy atom. The summed E-state index contributed by atoms with van der Waals surface area (Å²) in [6.07, 6.45) is 1.95. The van der Waals surface area contributed by atoms with Gasteiger partial charge in [-0.15, -0.1) is 0 Å². The fourth-order valence-electron chi connectivity index (χ4n) is 2.86. The average Bonchev–Trinajstić information content (AvgIpc) is 3.13. The summed E-state index contributed by atoms with van der Waals surface area (Å²) in [5.74, 6) is -3.16. The Hall–Kier alpha value is -2.96. The third-order valence-corrected chi connectivity index (χ3v) is 4.15. The van der Waals surface area contributed by atoms with Crippen molar-refractivity contribution >= 4 is 28.9 Å². The number of nitrogens with one attached hydrogen (secondary N) is 2. The van der Waals surface area contributed by atoms with Crippen molar-refractivity contribution in [2.45, 2.75) is 19.3 Å². The highest BCUT2D eigenvalue weighted by atomic mass is 19.2. The highest BCUT2D eigenvalue weighted by Gasteiger charge is 2.13. The zero-order valence-corrected chi connectivity index (χ0v) is 14.1. The van der Waals surface area contributed by atoms with E-state index in [9.17, 15) is 18.4 Å². The molecular weight excluding hydrogens is 340 g/mol. The molecule has 2 N–H and O–H groups in total. The lowest BCUT2D eigenvalue weighted by molar-refractivity contribution is -0.123. The second-order valence-electron chi connectivity index (χ2n) is 6.14. The van der Waals surface area contributed by atoms with Gasteiger partial charge < -0.3 is 15.5 Å². The van der Waals surface area contributed by atoms with Gasteiger partial charge in [-0.25, -0.2) is 8.78 Å². The van der Waals surface area contributed by atoms with E-state index in [1.165, 1.54) is 18.9 Å². The maximum absolute atomic E-state index is 13.1. The molecule has 0 atom stereocenters. The summed E-state index contributed by atoms with van der Waals surface area (Å²) in [5.41, 5.74) is 1.80. The number of nitrogens with zero attached hydrogens (tertiary/aromatic N) is 1. The van der Waals surface area contributed by atoms with Crippen LogP contribution in [0.15, 0.2) is 42.5 Å². The third-order valence-electron chi connectivity index (χ3n) is 4.15. The summed E-state index contributed by atoms with van der Waals surface area (Å²) in [5, 5.41) is 5.00. The van der Waals surface area contributed by atoms with E-state index in [4.69, 9.17) is 0 Å². The predicted molar refractivity (Wildman–Crippen MR) is 96.1 cm³/mol. The topological polar surface area (TPSA) is 61.4 Å². The second kappa shape index (κ2) is 7.95. The minimum atomic E-state index is -1.06. The number of hydrogen-bond donors (Lipinski definition) is 2. The lowest BCUT2D eigenvalue weighted by Crippen LogP contribution is -2.21. The van der Waals surface area contributed by atoms with Crippen LogP contribution in [0.1, 0.15) is 19.3 Å². The summed E-state index contributed by atoms with van der Waals surface area (Å²) in [4.78, 5) is 26.1. The number of carbonyl (C=O) groups excluding carboxylic acids is 2. The van der Waals surface area contributed by atoms with Crippen molar-refractivity contribution < 1.29 is 18.4 Å². The molecule has 7 heteroatoms. The molecule has 0 spiro atoms. The van der Waals surface area contributed by atoms with Crippen LogP contribution in [-0.4, -0.2) is 24.9 Å². The van der Waals surface area contributed by atoms with E-state index in [-0.39, 0.29) is 5.69 Å². The molecule has 3 rings (SSSR count). The van der Waals surface area contributed by atoms with Crippen molar-refractivity contribution in [3.05, 3.63) is 54.1 Å². The van der Waals surface area contributed by atoms with Crippen molar-refractivity contribution in [3.63, 3.8) is 0 Å². The number of anilines is 3. The summed E-state index contributed by atoms with van der Waals surface area (Å²) in [6, 6.07) is 10.4. The van der Waals surface area contributed by atoms with E-state index in [0.29, 0.717) is 5.69 Å². The Morgan fingerprint density at radius 2 is 1.42 bits per heavy atom. The van der Waals surface area contributed by atoms with E-state index in [2.05, 4.69) is 15.5 Å². The van der Waals surface area contributed by atoms with E-state index in [1.807, 2.05) is 12.1 Å². The Bertz CT molecular complexity index is 803. The first-order chi connectivity index (χ1) is 12.5. The minimum absolute atomic E-state index is 0.0941. The first-order valence-corrected chi connectivity index (χ1v) is 8.41. The maximum Gasteiger partial charge on any atom is 0.233 e. The summed E-state index contributed by atoms with van der Waals surface area (Å²) in [6.45, 7) is 2.08. The Balaban J connectivity index is 1.51. The molecule has 136 valence electrons. The van der Waals surface area contributed by atoms with Crippen molar-refractivity contribution in [1.82, 2.24) is 0 Å². The van der Waals surface area contributed by atoms with Gasteiger partial charge in [0.15, 0.2) is 11.6 Å². The summed E-state index contributed by atoms with van der Waals surface area (Å²) in [7, 11) is 0. The van der Waals surface area contributed by atoms with Crippen molar-refractivity contribution in [2.75, 3.05) is 28.6 Å². The monoisotopic (exact) mass is 359 g/mol. The standard InChI is InChI=1S/C19H19F2N3O2/c20-16-8-5-14(11-17(16)21)23-19(26)12-18(25)22-13-3-6-15(7-4-13)24-9-1-2-10-24/h3-8,11H,1-2,9-10,12H2,(H,22,25)(H,23,26). The average molecular weight is 359 g/mol. The van der Waals surface area contributed by atoms with Crippen LogP contribution in [0, 0.1) is 11.6 Å². The SMILES string of the molecule is O=C(CC(=O)Nc1ccc(F)c(F)c1)Nc1ccc(N2CCCC2)cc1. The molecule has 2 amide bonds. The first kappa shape index (κ1) is 17.8. The van der Waals surface area contributed by atoms with Gasteiger partial charge in [0.2, 0.25) is 11.8 Å². The molecule has 0 unspecified atom stereocenters. The molecule has 2 aromatic carbocycles. The molecule has 1 heterocycles. The van der Waals surface area contributed by atoms with Crippen LogP contribution < -0.4 is 15.5 Å². The van der Waals surface area contributed by atoms with E-state index >= 15 is 0 Å². The quantitative estimate of drug-likeness (QED) is 0.803. The fraction of sp³-hybridized carbons (Fsp3) is 0.263.